The average molecular weight is 207 g/mol. The van der Waals surface area contributed by atoms with Gasteiger partial charge in [0.2, 0.25) is 0 Å². The quantitative estimate of drug-likeness (QED) is 0.586. The van der Waals surface area contributed by atoms with Crippen LogP contribution in [-0.4, -0.2) is 16.5 Å². The standard InChI is InChI=1S/C8H18NSi2.Na/c1-7-10(3,4)9-11(5,6)8-2;/h7-8H,1-2H2,3-6H3;/q-1;+1. The van der Waals surface area contributed by atoms with Crippen molar-refractivity contribution in [3.8, 4) is 0 Å². The SMILES string of the molecule is C=C[Si](C)(C)[N-][Si](C)(C)C=C.[Na+]. The van der Waals surface area contributed by atoms with E-state index in [4.69, 9.17) is 4.65 Å². The minimum atomic E-state index is -1.45. The van der Waals surface area contributed by atoms with Gasteiger partial charge in [-0.3, -0.25) is 0 Å². The van der Waals surface area contributed by atoms with Crippen molar-refractivity contribution in [3.63, 3.8) is 0 Å². The second-order valence-corrected chi connectivity index (χ2v) is 12.2. The van der Waals surface area contributed by atoms with E-state index >= 15 is 0 Å². The summed E-state index contributed by atoms with van der Waals surface area (Å²) < 4.78 is 4.82. The van der Waals surface area contributed by atoms with E-state index in [1.54, 1.807) is 0 Å². The first-order valence-corrected chi connectivity index (χ1v) is 9.89. The van der Waals surface area contributed by atoms with Crippen LogP contribution in [0.1, 0.15) is 0 Å². The molecule has 0 aliphatic carbocycles. The molecule has 0 unspecified atom stereocenters. The normalized spacial score (nSPS) is 11.7. The van der Waals surface area contributed by atoms with Gasteiger partial charge < -0.3 is 4.65 Å². The van der Waals surface area contributed by atoms with Crippen LogP contribution in [0.2, 0.25) is 26.2 Å². The van der Waals surface area contributed by atoms with Crippen molar-refractivity contribution in [1.29, 1.82) is 0 Å². The molecule has 4 heteroatoms. The van der Waals surface area contributed by atoms with Gasteiger partial charge in [0, 0.05) is 0 Å². The molecule has 12 heavy (non-hydrogen) atoms. The molecule has 0 spiro atoms. The first kappa shape index (κ1) is 15.4. The van der Waals surface area contributed by atoms with E-state index in [9.17, 15) is 0 Å². The van der Waals surface area contributed by atoms with Crippen LogP contribution in [0.25, 0.3) is 4.65 Å². The van der Waals surface area contributed by atoms with Crippen LogP contribution in [0, 0.1) is 0 Å². The summed E-state index contributed by atoms with van der Waals surface area (Å²) in [7, 11) is -2.91. The monoisotopic (exact) mass is 207 g/mol. The molecule has 0 atom stereocenters. The summed E-state index contributed by atoms with van der Waals surface area (Å²) in [5.41, 5.74) is 4.04. The number of nitrogens with zero attached hydrogens (tertiary/aromatic N) is 1. The van der Waals surface area contributed by atoms with Gasteiger partial charge in [0.1, 0.15) is 0 Å². The maximum atomic E-state index is 4.82. The Balaban J connectivity index is 0. The van der Waals surface area contributed by atoms with Gasteiger partial charge in [-0.25, -0.2) is 0 Å². The Morgan fingerprint density at radius 2 is 1.17 bits per heavy atom. The van der Waals surface area contributed by atoms with E-state index in [-0.39, 0.29) is 29.6 Å². The third kappa shape index (κ3) is 6.40. The molecule has 0 N–H and O–H groups in total. The topological polar surface area (TPSA) is 14.1 Å². The second kappa shape index (κ2) is 5.57. The summed E-state index contributed by atoms with van der Waals surface area (Å²) in [4.78, 5) is 0. The third-order valence-corrected chi connectivity index (χ3v) is 8.18. The second-order valence-electron chi connectivity index (χ2n) is 3.83. The fourth-order valence-electron chi connectivity index (χ4n) is 0.834. The zero-order valence-electron chi connectivity index (χ0n) is 9.02. The minimum absolute atomic E-state index is 0. The molecule has 0 aliphatic heterocycles. The molecule has 0 amide bonds. The van der Waals surface area contributed by atoms with Gasteiger partial charge in [0.25, 0.3) is 0 Å². The molecule has 64 valence electrons. The summed E-state index contributed by atoms with van der Waals surface area (Å²) in [6, 6.07) is 0. The molecular weight excluding hydrogens is 189 g/mol. The van der Waals surface area contributed by atoms with Gasteiger partial charge in [-0.2, -0.15) is 0 Å². The molecule has 0 radical (unpaired) electrons. The Bertz CT molecular complexity index is 148. The molecule has 0 aliphatic rings. The van der Waals surface area contributed by atoms with Crippen LogP contribution >= 0.6 is 0 Å². The predicted octanol–water partition coefficient (Wildman–Crippen LogP) is 0.225. The van der Waals surface area contributed by atoms with Gasteiger partial charge in [-0.15, -0.1) is 24.6 Å². The minimum Gasteiger partial charge on any atom is -0.661 e. The smallest absolute Gasteiger partial charge is 0.661 e. The van der Waals surface area contributed by atoms with E-state index in [1.165, 1.54) is 0 Å². The largest absolute Gasteiger partial charge is 1.00 e. The maximum absolute atomic E-state index is 4.82. The zero-order valence-corrected chi connectivity index (χ0v) is 13.0. The summed E-state index contributed by atoms with van der Waals surface area (Å²) in [6.45, 7) is 16.4. The Morgan fingerprint density at radius 1 is 0.917 bits per heavy atom. The van der Waals surface area contributed by atoms with Crippen LogP contribution < -0.4 is 29.6 Å². The van der Waals surface area contributed by atoms with Crippen molar-refractivity contribution in [1.82, 2.24) is 0 Å². The Labute approximate surface area is 101 Å². The summed E-state index contributed by atoms with van der Waals surface area (Å²) >= 11 is 0. The molecule has 0 aromatic carbocycles. The Hall–Kier alpha value is 0.874. The van der Waals surface area contributed by atoms with Crippen molar-refractivity contribution in [2.24, 2.45) is 0 Å². The van der Waals surface area contributed by atoms with E-state index in [1.807, 2.05) is 11.4 Å². The van der Waals surface area contributed by atoms with Crippen LogP contribution in [-0.2, 0) is 0 Å². The van der Waals surface area contributed by atoms with Crippen LogP contribution in [0.15, 0.2) is 24.6 Å². The Morgan fingerprint density at radius 3 is 1.33 bits per heavy atom. The van der Waals surface area contributed by atoms with Gasteiger partial charge in [0.15, 0.2) is 0 Å². The molecule has 0 bridgehead atoms. The fourth-order valence-corrected chi connectivity index (χ4v) is 7.51. The summed E-state index contributed by atoms with van der Waals surface area (Å²) in [6.07, 6.45) is 0. The molecule has 0 aromatic rings. The maximum Gasteiger partial charge on any atom is 1.00 e. The van der Waals surface area contributed by atoms with E-state index < -0.39 is 16.5 Å². The van der Waals surface area contributed by atoms with Crippen molar-refractivity contribution < 1.29 is 29.6 Å². The molecule has 0 fully saturated rings. The van der Waals surface area contributed by atoms with Crippen molar-refractivity contribution >= 4 is 16.5 Å². The first-order valence-electron chi connectivity index (χ1n) is 3.84. The molecule has 0 saturated carbocycles. The summed E-state index contributed by atoms with van der Waals surface area (Å²) in [5, 5.41) is 0. The molecule has 1 nitrogen and oxygen atoms in total. The van der Waals surface area contributed by atoms with Crippen molar-refractivity contribution in [2.45, 2.75) is 26.2 Å². The van der Waals surface area contributed by atoms with Crippen molar-refractivity contribution in [2.75, 3.05) is 0 Å². The number of hydrogen-bond donors (Lipinski definition) is 0. The zero-order chi connectivity index (χ0) is 9.12. The van der Waals surface area contributed by atoms with Crippen LogP contribution in [0.4, 0.5) is 0 Å². The van der Waals surface area contributed by atoms with E-state index in [2.05, 4.69) is 39.3 Å². The average Bonchev–Trinajstić information content (AvgIpc) is 1.86. The first-order chi connectivity index (χ1) is 4.83. The molecular formula is C8H18NNaSi2. The number of hydrogen-bond acceptors (Lipinski definition) is 0. The Kier molecular flexibility index (Phi) is 7.13. The molecule has 0 aromatic heterocycles. The van der Waals surface area contributed by atoms with Crippen molar-refractivity contribution in [3.05, 3.63) is 29.2 Å². The number of rotatable bonds is 4. The molecule has 0 rings (SSSR count). The van der Waals surface area contributed by atoms with Gasteiger partial charge >= 0.3 is 29.6 Å². The predicted molar refractivity (Wildman–Crippen MR) is 58.7 cm³/mol. The fraction of sp³-hybridized carbons (Fsp3) is 0.500. The van der Waals surface area contributed by atoms with E-state index in [0.717, 1.165) is 0 Å². The summed E-state index contributed by atoms with van der Waals surface area (Å²) in [5.74, 6) is 0. The third-order valence-electron chi connectivity index (χ3n) is 1.58. The van der Waals surface area contributed by atoms with E-state index in [0.29, 0.717) is 0 Å². The van der Waals surface area contributed by atoms with Gasteiger partial charge in [-0.05, 0) is 16.5 Å². The van der Waals surface area contributed by atoms with Crippen LogP contribution in [0.3, 0.4) is 0 Å². The molecule has 0 heterocycles. The van der Waals surface area contributed by atoms with Gasteiger partial charge in [0.05, 0.1) is 0 Å². The van der Waals surface area contributed by atoms with Gasteiger partial charge in [-0.1, -0.05) is 26.2 Å². The molecule has 0 saturated heterocycles. The van der Waals surface area contributed by atoms with Crippen LogP contribution in [0.5, 0.6) is 0 Å².